The molecule has 0 aliphatic heterocycles. The van der Waals surface area contributed by atoms with Crippen LogP contribution in [0.15, 0.2) is 6.07 Å². The molecular formula is C19H34S. The third-order valence-electron chi connectivity index (χ3n) is 4.72. The van der Waals surface area contributed by atoms with Crippen LogP contribution in [-0.2, 0) is 11.8 Å². The van der Waals surface area contributed by atoms with Crippen LogP contribution in [0.5, 0.6) is 0 Å². The van der Waals surface area contributed by atoms with Crippen LogP contribution in [0.3, 0.4) is 0 Å². The van der Waals surface area contributed by atoms with E-state index in [-0.39, 0.29) is 0 Å². The van der Waals surface area contributed by atoms with Gasteiger partial charge in [-0.05, 0) is 48.6 Å². The molecule has 1 aromatic heterocycles. The van der Waals surface area contributed by atoms with Gasteiger partial charge in [0.05, 0.1) is 0 Å². The first-order chi connectivity index (χ1) is 9.46. The van der Waals surface area contributed by atoms with Gasteiger partial charge < -0.3 is 0 Å². The van der Waals surface area contributed by atoms with Gasteiger partial charge in [-0.1, -0.05) is 60.8 Å². The Morgan fingerprint density at radius 3 is 2.35 bits per heavy atom. The second kappa shape index (κ2) is 8.22. The molecule has 0 amide bonds. The van der Waals surface area contributed by atoms with Crippen LogP contribution in [-0.4, -0.2) is 0 Å². The predicted octanol–water partition coefficient (Wildman–Crippen LogP) is 7.07. The van der Waals surface area contributed by atoms with Gasteiger partial charge in [0.2, 0.25) is 0 Å². The molecule has 0 saturated carbocycles. The van der Waals surface area contributed by atoms with E-state index < -0.39 is 0 Å². The van der Waals surface area contributed by atoms with E-state index in [1.165, 1.54) is 44.9 Å². The van der Waals surface area contributed by atoms with Crippen molar-refractivity contribution in [2.24, 2.45) is 0 Å². The fourth-order valence-electron chi connectivity index (χ4n) is 2.56. The van der Waals surface area contributed by atoms with Crippen LogP contribution in [0.2, 0.25) is 0 Å². The number of hydrogen-bond acceptors (Lipinski definition) is 1. The summed E-state index contributed by atoms with van der Waals surface area (Å²) in [5.74, 6) is 0.718. The Kier molecular flexibility index (Phi) is 7.29. The van der Waals surface area contributed by atoms with Gasteiger partial charge in [-0.25, -0.2) is 0 Å². The lowest BCUT2D eigenvalue weighted by Gasteiger charge is -2.23. The number of rotatable bonds is 9. The molecule has 0 radical (unpaired) electrons. The van der Waals surface area contributed by atoms with E-state index in [0.29, 0.717) is 5.41 Å². The quantitative estimate of drug-likeness (QED) is 0.427. The van der Waals surface area contributed by atoms with Gasteiger partial charge >= 0.3 is 0 Å². The third kappa shape index (κ3) is 4.62. The zero-order valence-corrected chi connectivity index (χ0v) is 15.3. The Hall–Kier alpha value is -0.300. The largest absolute Gasteiger partial charge is 0.144 e. The summed E-state index contributed by atoms with van der Waals surface area (Å²) in [6, 6.07) is 2.53. The Morgan fingerprint density at radius 1 is 1.10 bits per heavy atom. The average molecular weight is 295 g/mol. The molecule has 0 bridgehead atoms. The predicted molar refractivity (Wildman–Crippen MR) is 94.2 cm³/mol. The maximum atomic E-state index is 2.53. The molecule has 1 aromatic rings. The first kappa shape index (κ1) is 17.8. The smallest absolute Gasteiger partial charge is 0.0136 e. The third-order valence-corrected chi connectivity index (χ3v) is 6.50. The molecule has 0 saturated heterocycles. The first-order valence-electron chi connectivity index (χ1n) is 8.59. The fourth-order valence-corrected chi connectivity index (χ4v) is 4.07. The lowest BCUT2D eigenvalue weighted by molar-refractivity contribution is 0.510. The summed E-state index contributed by atoms with van der Waals surface area (Å²) in [6.07, 6.45) is 9.22. The molecule has 0 nitrogen and oxygen atoms in total. The molecule has 1 heterocycles. The lowest BCUT2D eigenvalue weighted by Crippen LogP contribution is -2.15. The van der Waals surface area contributed by atoms with Gasteiger partial charge in [0.15, 0.2) is 0 Å². The van der Waals surface area contributed by atoms with E-state index in [1.54, 1.807) is 15.3 Å². The molecule has 116 valence electrons. The molecule has 0 fully saturated rings. The molecule has 0 N–H and O–H groups in total. The van der Waals surface area contributed by atoms with E-state index >= 15 is 0 Å². The summed E-state index contributed by atoms with van der Waals surface area (Å²) < 4.78 is 0. The second-order valence-corrected chi connectivity index (χ2v) is 7.94. The molecule has 20 heavy (non-hydrogen) atoms. The minimum Gasteiger partial charge on any atom is -0.144 e. The van der Waals surface area contributed by atoms with Gasteiger partial charge in [-0.3, -0.25) is 0 Å². The molecular weight excluding hydrogens is 260 g/mol. The molecule has 1 atom stereocenters. The van der Waals surface area contributed by atoms with Crippen LogP contribution >= 0.6 is 11.3 Å². The molecule has 1 rings (SSSR count). The van der Waals surface area contributed by atoms with Crippen LogP contribution in [0, 0.1) is 0 Å². The van der Waals surface area contributed by atoms with Crippen molar-refractivity contribution in [3.05, 3.63) is 21.4 Å². The monoisotopic (exact) mass is 294 g/mol. The minimum atomic E-state index is 0.344. The minimum absolute atomic E-state index is 0.344. The van der Waals surface area contributed by atoms with Gasteiger partial charge in [0.25, 0.3) is 0 Å². The Morgan fingerprint density at radius 2 is 1.80 bits per heavy atom. The molecule has 0 spiro atoms. The van der Waals surface area contributed by atoms with Gasteiger partial charge in [-0.2, -0.15) is 0 Å². The van der Waals surface area contributed by atoms with Crippen molar-refractivity contribution in [3.8, 4) is 0 Å². The van der Waals surface area contributed by atoms with Gasteiger partial charge in [0, 0.05) is 9.75 Å². The number of hydrogen-bond donors (Lipinski definition) is 0. The van der Waals surface area contributed by atoms with Gasteiger partial charge in [-0.15, -0.1) is 11.3 Å². The molecule has 1 unspecified atom stereocenters. The van der Waals surface area contributed by atoms with E-state index in [2.05, 4.69) is 58.9 Å². The van der Waals surface area contributed by atoms with Crippen molar-refractivity contribution < 1.29 is 0 Å². The highest BCUT2D eigenvalue weighted by Gasteiger charge is 2.25. The highest BCUT2D eigenvalue weighted by Crippen LogP contribution is 2.40. The van der Waals surface area contributed by atoms with Crippen molar-refractivity contribution in [1.82, 2.24) is 0 Å². The zero-order valence-electron chi connectivity index (χ0n) is 14.5. The summed E-state index contributed by atoms with van der Waals surface area (Å²) >= 11 is 2.09. The Balaban J connectivity index is 2.91. The van der Waals surface area contributed by atoms with Crippen molar-refractivity contribution in [2.75, 3.05) is 0 Å². The first-order valence-corrected chi connectivity index (χ1v) is 9.40. The van der Waals surface area contributed by atoms with Crippen LogP contribution in [0.4, 0.5) is 0 Å². The summed E-state index contributed by atoms with van der Waals surface area (Å²) in [7, 11) is 0. The van der Waals surface area contributed by atoms with Gasteiger partial charge in [0.1, 0.15) is 0 Å². The topological polar surface area (TPSA) is 0 Å². The van der Waals surface area contributed by atoms with Crippen LogP contribution in [0.25, 0.3) is 0 Å². The second-order valence-electron chi connectivity index (χ2n) is 6.86. The molecule has 0 aromatic carbocycles. The van der Waals surface area contributed by atoms with Crippen molar-refractivity contribution in [3.63, 3.8) is 0 Å². The Labute approximate surface area is 131 Å². The molecule has 0 aliphatic carbocycles. The lowest BCUT2D eigenvalue weighted by atomic mass is 9.85. The van der Waals surface area contributed by atoms with Crippen molar-refractivity contribution >= 4 is 11.3 Å². The average Bonchev–Trinajstić information content (AvgIpc) is 2.87. The normalized spacial score (nSPS) is 13.7. The summed E-state index contributed by atoms with van der Waals surface area (Å²) in [6.45, 7) is 14.1. The van der Waals surface area contributed by atoms with Crippen molar-refractivity contribution in [1.29, 1.82) is 0 Å². The van der Waals surface area contributed by atoms with E-state index in [0.717, 1.165) is 5.92 Å². The SMILES string of the molecule is CCCCCCc1cc(C(C)CC)sc1C(C)(C)CC. The zero-order chi connectivity index (χ0) is 15.2. The van der Waals surface area contributed by atoms with E-state index in [9.17, 15) is 0 Å². The molecule has 1 heteroatoms. The summed E-state index contributed by atoms with van der Waals surface area (Å²) in [5.41, 5.74) is 1.99. The standard InChI is InChI=1S/C19H34S/c1-7-10-11-12-13-16-14-17(15(4)8-2)20-18(16)19(5,6)9-3/h14-15H,7-13H2,1-6H3. The highest BCUT2D eigenvalue weighted by atomic mass is 32.1. The molecule has 0 aliphatic rings. The van der Waals surface area contributed by atoms with Crippen LogP contribution < -0.4 is 0 Å². The van der Waals surface area contributed by atoms with Crippen molar-refractivity contribution in [2.45, 2.75) is 97.8 Å². The summed E-state index contributed by atoms with van der Waals surface area (Å²) in [4.78, 5) is 3.27. The maximum Gasteiger partial charge on any atom is 0.0136 e. The summed E-state index contributed by atoms with van der Waals surface area (Å²) in [5, 5.41) is 0. The van der Waals surface area contributed by atoms with Crippen LogP contribution in [0.1, 0.15) is 101 Å². The highest BCUT2D eigenvalue weighted by molar-refractivity contribution is 7.12. The number of aryl methyl sites for hydroxylation is 1. The number of unbranched alkanes of at least 4 members (excludes halogenated alkanes) is 3. The van der Waals surface area contributed by atoms with E-state index in [4.69, 9.17) is 0 Å². The Bertz CT molecular complexity index is 386. The number of thiophene rings is 1. The maximum absolute atomic E-state index is 2.53. The van der Waals surface area contributed by atoms with E-state index in [1.807, 2.05) is 0 Å². The fraction of sp³-hybridized carbons (Fsp3) is 0.789.